The molecule has 5 nitrogen and oxygen atoms in total. The molecule has 6 atom stereocenters. The predicted molar refractivity (Wildman–Crippen MR) is 131 cm³/mol. The first-order valence-corrected chi connectivity index (χ1v) is 13.0. The average molecular weight is 464 g/mol. The van der Waals surface area contributed by atoms with Crippen LogP contribution in [0.1, 0.15) is 83.6 Å². The number of carboxylic acids is 1. The maximum Gasteiger partial charge on any atom is 0.306 e. The molecule has 0 aliphatic heterocycles. The smallest absolute Gasteiger partial charge is 0.306 e. The summed E-state index contributed by atoms with van der Waals surface area (Å²) >= 11 is 0. The van der Waals surface area contributed by atoms with Gasteiger partial charge in [0.1, 0.15) is 6.10 Å². The van der Waals surface area contributed by atoms with Gasteiger partial charge >= 0.3 is 11.9 Å². The van der Waals surface area contributed by atoms with E-state index in [2.05, 4.69) is 37.0 Å². The third-order valence-electron chi connectivity index (χ3n) is 9.68. The Hall–Kier alpha value is -2.43. The summed E-state index contributed by atoms with van der Waals surface area (Å²) in [6, 6.07) is 4.26. The van der Waals surface area contributed by atoms with Crippen molar-refractivity contribution in [2.24, 2.45) is 28.6 Å². The third kappa shape index (κ3) is 4.01. The third-order valence-corrected chi connectivity index (χ3v) is 9.68. The van der Waals surface area contributed by atoms with Crippen LogP contribution in [0.5, 0.6) is 0 Å². The Morgan fingerprint density at radius 2 is 1.91 bits per heavy atom. The van der Waals surface area contributed by atoms with Crippen molar-refractivity contribution in [3.63, 3.8) is 0 Å². The Kier molecular flexibility index (Phi) is 6.16. The summed E-state index contributed by atoms with van der Waals surface area (Å²) in [6.45, 7) is 4.95. The number of pyridine rings is 1. The van der Waals surface area contributed by atoms with Gasteiger partial charge in [-0.25, -0.2) is 0 Å². The van der Waals surface area contributed by atoms with Gasteiger partial charge in [-0.15, -0.1) is 0 Å². The number of carbonyl (C=O) groups excluding carboxylic acids is 1. The van der Waals surface area contributed by atoms with Gasteiger partial charge in [0.2, 0.25) is 0 Å². The molecule has 0 unspecified atom stereocenters. The van der Waals surface area contributed by atoms with Gasteiger partial charge in [-0.1, -0.05) is 37.6 Å². The van der Waals surface area contributed by atoms with Gasteiger partial charge in [0.25, 0.3) is 0 Å². The highest BCUT2D eigenvalue weighted by atomic mass is 16.5. The second kappa shape index (κ2) is 8.98. The Morgan fingerprint density at radius 1 is 1.09 bits per heavy atom. The fourth-order valence-electron chi connectivity index (χ4n) is 7.89. The Balaban J connectivity index is 1.27. The molecule has 5 heteroatoms. The lowest BCUT2D eigenvalue weighted by Crippen LogP contribution is -2.50. The van der Waals surface area contributed by atoms with Gasteiger partial charge in [-0.2, -0.15) is 0 Å². The number of rotatable bonds is 6. The summed E-state index contributed by atoms with van der Waals surface area (Å²) in [5.41, 5.74) is 4.71. The Morgan fingerprint density at radius 3 is 2.68 bits per heavy atom. The highest BCUT2D eigenvalue weighted by Gasteiger charge is 2.57. The van der Waals surface area contributed by atoms with Crippen LogP contribution in [0, 0.1) is 28.6 Å². The van der Waals surface area contributed by atoms with Crippen molar-refractivity contribution < 1.29 is 19.4 Å². The number of aromatic nitrogens is 1. The van der Waals surface area contributed by atoms with Crippen molar-refractivity contribution in [2.45, 2.75) is 84.2 Å². The first-order chi connectivity index (χ1) is 16.3. The Labute approximate surface area is 202 Å². The van der Waals surface area contributed by atoms with Gasteiger partial charge in [0.05, 0.1) is 0 Å². The maximum atomic E-state index is 12.2. The molecule has 1 heterocycles. The summed E-state index contributed by atoms with van der Waals surface area (Å²) in [7, 11) is 0. The molecule has 4 aliphatic carbocycles. The standard InChI is InChI=1S/C29H37NO4/c1-28-14-12-21(34-27(33)7-3-6-26(31)32)17-20(28)8-9-22-24-11-10-23(19-5-4-16-30-18-19)29(24,2)15-13-25(22)28/h4-5,8,10,16,18,21-22,24-25H,3,6-7,9,11-15,17H2,1-2H3,(H,31,32)/t21-,22-,24-,25-,28-,29+/m0/s1. The molecule has 182 valence electrons. The van der Waals surface area contributed by atoms with Gasteiger partial charge in [-0.05, 0) is 90.7 Å². The fraction of sp³-hybridized carbons (Fsp3) is 0.621. The minimum Gasteiger partial charge on any atom is -0.481 e. The highest BCUT2D eigenvalue weighted by molar-refractivity contribution is 5.73. The lowest BCUT2D eigenvalue weighted by molar-refractivity contribution is -0.151. The minimum atomic E-state index is -0.864. The van der Waals surface area contributed by atoms with Gasteiger partial charge in [0.15, 0.2) is 0 Å². The van der Waals surface area contributed by atoms with Crippen molar-refractivity contribution in [3.8, 4) is 0 Å². The maximum absolute atomic E-state index is 12.2. The van der Waals surface area contributed by atoms with Crippen LogP contribution >= 0.6 is 0 Å². The zero-order chi connectivity index (χ0) is 23.9. The predicted octanol–water partition coefficient (Wildman–Crippen LogP) is 6.20. The largest absolute Gasteiger partial charge is 0.481 e. The van der Waals surface area contributed by atoms with Gasteiger partial charge < -0.3 is 9.84 Å². The highest BCUT2D eigenvalue weighted by Crippen LogP contribution is 2.66. The number of hydrogen-bond acceptors (Lipinski definition) is 4. The molecule has 0 spiro atoms. The van der Waals surface area contributed by atoms with Gasteiger partial charge in [0, 0.05) is 31.7 Å². The van der Waals surface area contributed by atoms with Crippen molar-refractivity contribution in [3.05, 3.63) is 47.8 Å². The van der Waals surface area contributed by atoms with Crippen molar-refractivity contribution >= 4 is 17.5 Å². The summed E-state index contributed by atoms with van der Waals surface area (Å²) in [5, 5.41) is 8.78. The molecule has 0 radical (unpaired) electrons. The molecule has 34 heavy (non-hydrogen) atoms. The molecule has 1 aromatic heterocycles. The molecule has 1 aromatic rings. The van der Waals surface area contributed by atoms with E-state index in [-0.39, 0.29) is 35.7 Å². The van der Waals surface area contributed by atoms with E-state index in [9.17, 15) is 9.59 Å². The van der Waals surface area contributed by atoms with E-state index in [1.807, 2.05) is 18.5 Å². The molecule has 1 N–H and O–H groups in total. The number of fused-ring (bicyclic) bond motifs is 5. The molecule has 0 amide bonds. The molecule has 2 saturated carbocycles. The number of hydrogen-bond donors (Lipinski definition) is 1. The van der Waals surface area contributed by atoms with E-state index in [0.29, 0.717) is 24.2 Å². The quantitative estimate of drug-likeness (QED) is 0.401. The minimum absolute atomic E-state index is 0.0174. The summed E-state index contributed by atoms with van der Waals surface area (Å²) in [6.07, 6.45) is 16.9. The van der Waals surface area contributed by atoms with Crippen LogP contribution in [0.4, 0.5) is 0 Å². The number of carboxylic acid groups (broad SMARTS) is 1. The van der Waals surface area contributed by atoms with E-state index < -0.39 is 5.97 Å². The molecule has 2 fully saturated rings. The second-order valence-corrected chi connectivity index (χ2v) is 11.4. The molecule has 4 aliphatic rings. The van der Waals surface area contributed by atoms with Crippen molar-refractivity contribution in [1.82, 2.24) is 4.98 Å². The number of esters is 1. The first-order valence-electron chi connectivity index (χ1n) is 13.0. The second-order valence-electron chi connectivity index (χ2n) is 11.4. The van der Waals surface area contributed by atoms with Crippen LogP contribution in [0.3, 0.4) is 0 Å². The Bertz CT molecular complexity index is 1010. The number of aliphatic carboxylic acids is 1. The van der Waals surface area contributed by atoms with E-state index in [1.54, 1.807) is 0 Å². The van der Waals surface area contributed by atoms with Crippen LogP contribution < -0.4 is 0 Å². The lowest BCUT2D eigenvalue weighted by Gasteiger charge is -2.57. The summed E-state index contributed by atoms with van der Waals surface area (Å²) in [5.74, 6) is 0.961. The number of ether oxygens (including phenoxy) is 1. The van der Waals surface area contributed by atoms with Crippen LogP contribution in [-0.4, -0.2) is 28.1 Å². The zero-order valence-corrected chi connectivity index (χ0v) is 20.5. The molecule has 0 saturated heterocycles. The average Bonchev–Trinajstić information content (AvgIpc) is 3.17. The lowest BCUT2D eigenvalue weighted by atomic mass is 9.47. The molecule has 5 rings (SSSR count). The molecular formula is C29H37NO4. The van der Waals surface area contributed by atoms with Gasteiger partial charge in [-0.3, -0.25) is 14.6 Å². The number of carbonyl (C=O) groups is 2. The van der Waals surface area contributed by atoms with E-state index in [4.69, 9.17) is 9.84 Å². The summed E-state index contributed by atoms with van der Waals surface area (Å²) in [4.78, 5) is 27.3. The zero-order valence-electron chi connectivity index (χ0n) is 20.5. The van der Waals surface area contributed by atoms with Crippen molar-refractivity contribution in [1.29, 1.82) is 0 Å². The van der Waals surface area contributed by atoms with E-state index in [0.717, 1.165) is 32.1 Å². The van der Waals surface area contributed by atoms with E-state index in [1.165, 1.54) is 29.6 Å². The normalized spacial score (nSPS) is 36.4. The number of allylic oxidation sites excluding steroid dienone is 3. The molecular weight excluding hydrogens is 426 g/mol. The van der Waals surface area contributed by atoms with Crippen LogP contribution in [0.2, 0.25) is 0 Å². The summed E-state index contributed by atoms with van der Waals surface area (Å²) < 4.78 is 5.76. The monoisotopic (exact) mass is 463 g/mol. The molecule has 0 bridgehead atoms. The molecule has 0 aromatic carbocycles. The van der Waals surface area contributed by atoms with Crippen LogP contribution in [-0.2, 0) is 14.3 Å². The van der Waals surface area contributed by atoms with Crippen LogP contribution in [0.25, 0.3) is 5.57 Å². The van der Waals surface area contributed by atoms with Crippen molar-refractivity contribution in [2.75, 3.05) is 0 Å². The SMILES string of the molecule is C[C@]12CC[C@H](OC(=O)CCCC(=O)O)CC1=CC[C@@H]1[C@@H]2CC[C@]2(C)C(c3cccnc3)=CC[C@@H]12. The fourth-order valence-corrected chi connectivity index (χ4v) is 7.89. The van der Waals surface area contributed by atoms with Crippen LogP contribution in [0.15, 0.2) is 42.3 Å². The number of nitrogens with zero attached hydrogens (tertiary/aromatic N) is 1. The van der Waals surface area contributed by atoms with E-state index >= 15 is 0 Å². The first kappa shape index (κ1) is 23.3. The topological polar surface area (TPSA) is 76.5 Å².